The van der Waals surface area contributed by atoms with Gasteiger partial charge in [-0.2, -0.15) is 0 Å². The predicted octanol–water partition coefficient (Wildman–Crippen LogP) is 1.28. The van der Waals surface area contributed by atoms with Crippen molar-refractivity contribution in [1.29, 1.82) is 0 Å². The van der Waals surface area contributed by atoms with Gasteiger partial charge in [-0.3, -0.25) is 4.79 Å². The summed E-state index contributed by atoms with van der Waals surface area (Å²) in [5.41, 5.74) is 0. The Hall–Kier alpha value is -0.570. The van der Waals surface area contributed by atoms with Gasteiger partial charge in [-0.05, 0) is 19.3 Å². The average molecular weight is 146 g/mol. The van der Waals surface area contributed by atoms with Crippen molar-refractivity contribution in [1.82, 2.24) is 0 Å². The van der Waals surface area contributed by atoms with Crippen LogP contribution in [-0.2, 0) is 9.53 Å². The van der Waals surface area contributed by atoms with Gasteiger partial charge in [-0.1, -0.05) is 0 Å². The SMILES string of the molecule is C1CCOCC1.CC(=O)O. The molecule has 0 atom stereocenters. The molecular formula is C7H14O3. The van der Waals surface area contributed by atoms with E-state index >= 15 is 0 Å². The highest BCUT2D eigenvalue weighted by Crippen LogP contribution is 2.02. The quantitative estimate of drug-likeness (QED) is 0.560. The first kappa shape index (κ1) is 9.43. The second-order valence-corrected chi connectivity index (χ2v) is 2.19. The van der Waals surface area contributed by atoms with Crippen molar-refractivity contribution < 1.29 is 14.6 Å². The van der Waals surface area contributed by atoms with Crippen LogP contribution in [0.2, 0.25) is 0 Å². The molecule has 0 unspecified atom stereocenters. The van der Waals surface area contributed by atoms with Crippen molar-refractivity contribution in [3.8, 4) is 0 Å². The molecule has 1 rings (SSSR count). The van der Waals surface area contributed by atoms with Crippen LogP contribution in [0.1, 0.15) is 26.2 Å². The summed E-state index contributed by atoms with van der Waals surface area (Å²) in [6.45, 7) is 3.08. The van der Waals surface area contributed by atoms with Crippen LogP contribution in [0.15, 0.2) is 0 Å². The summed E-state index contributed by atoms with van der Waals surface area (Å²) in [5, 5.41) is 7.42. The van der Waals surface area contributed by atoms with E-state index in [1.54, 1.807) is 0 Å². The smallest absolute Gasteiger partial charge is 0.300 e. The zero-order valence-electron chi connectivity index (χ0n) is 6.30. The van der Waals surface area contributed by atoms with Crippen LogP contribution in [0.25, 0.3) is 0 Å². The number of aliphatic carboxylic acids is 1. The molecule has 0 aromatic carbocycles. The Kier molecular flexibility index (Phi) is 6.18. The highest BCUT2D eigenvalue weighted by Gasteiger charge is 1.94. The molecule has 3 heteroatoms. The number of carboxylic acid groups (broad SMARTS) is 1. The molecule has 1 saturated heterocycles. The Morgan fingerprint density at radius 1 is 1.30 bits per heavy atom. The van der Waals surface area contributed by atoms with Crippen LogP contribution in [0.3, 0.4) is 0 Å². The van der Waals surface area contributed by atoms with E-state index in [1.807, 2.05) is 0 Å². The molecule has 0 aromatic heterocycles. The standard InChI is InChI=1S/C5H10O.C2H4O2/c1-2-4-6-5-3-1;1-2(3)4/h1-5H2;1H3,(H,3,4). The summed E-state index contributed by atoms with van der Waals surface area (Å²) >= 11 is 0. The molecule has 1 N–H and O–H groups in total. The van der Waals surface area contributed by atoms with E-state index in [0.717, 1.165) is 20.1 Å². The molecule has 60 valence electrons. The summed E-state index contributed by atoms with van der Waals surface area (Å²) in [4.78, 5) is 9.00. The molecule has 0 aromatic rings. The predicted molar refractivity (Wildman–Crippen MR) is 38.0 cm³/mol. The van der Waals surface area contributed by atoms with Crippen molar-refractivity contribution in [3.05, 3.63) is 0 Å². The molecule has 1 aliphatic heterocycles. The fourth-order valence-electron chi connectivity index (χ4n) is 0.687. The van der Waals surface area contributed by atoms with Crippen LogP contribution in [-0.4, -0.2) is 24.3 Å². The molecule has 0 bridgehead atoms. The fraction of sp³-hybridized carbons (Fsp3) is 0.857. The zero-order chi connectivity index (χ0) is 7.82. The van der Waals surface area contributed by atoms with Crippen molar-refractivity contribution >= 4 is 5.97 Å². The van der Waals surface area contributed by atoms with Crippen molar-refractivity contribution in [2.24, 2.45) is 0 Å². The van der Waals surface area contributed by atoms with Crippen LogP contribution in [0.5, 0.6) is 0 Å². The molecular weight excluding hydrogens is 132 g/mol. The normalized spacial score (nSPS) is 16.9. The Morgan fingerprint density at radius 2 is 1.70 bits per heavy atom. The van der Waals surface area contributed by atoms with Crippen LogP contribution >= 0.6 is 0 Å². The topological polar surface area (TPSA) is 46.5 Å². The maximum Gasteiger partial charge on any atom is 0.300 e. The third-order valence-corrected chi connectivity index (χ3v) is 1.08. The van der Waals surface area contributed by atoms with Crippen LogP contribution < -0.4 is 0 Å². The van der Waals surface area contributed by atoms with E-state index in [9.17, 15) is 0 Å². The Labute approximate surface area is 61.0 Å². The van der Waals surface area contributed by atoms with E-state index in [4.69, 9.17) is 14.6 Å². The zero-order valence-corrected chi connectivity index (χ0v) is 6.30. The average Bonchev–Trinajstić information content (AvgIpc) is 1.90. The van der Waals surface area contributed by atoms with Gasteiger partial charge in [0.05, 0.1) is 0 Å². The lowest BCUT2D eigenvalue weighted by molar-refractivity contribution is -0.134. The van der Waals surface area contributed by atoms with Gasteiger partial charge in [0.15, 0.2) is 0 Å². The number of hydrogen-bond acceptors (Lipinski definition) is 2. The van der Waals surface area contributed by atoms with Crippen molar-refractivity contribution in [3.63, 3.8) is 0 Å². The third kappa shape index (κ3) is 10.4. The largest absolute Gasteiger partial charge is 0.481 e. The molecule has 0 saturated carbocycles. The number of carbonyl (C=O) groups is 1. The van der Waals surface area contributed by atoms with E-state index in [-0.39, 0.29) is 0 Å². The van der Waals surface area contributed by atoms with E-state index < -0.39 is 5.97 Å². The third-order valence-electron chi connectivity index (χ3n) is 1.08. The van der Waals surface area contributed by atoms with E-state index in [2.05, 4.69) is 0 Å². The van der Waals surface area contributed by atoms with Crippen LogP contribution in [0.4, 0.5) is 0 Å². The van der Waals surface area contributed by atoms with Gasteiger partial charge < -0.3 is 9.84 Å². The van der Waals surface area contributed by atoms with E-state index in [1.165, 1.54) is 19.3 Å². The molecule has 0 amide bonds. The first-order valence-corrected chi connectivity index (χ1v) is 3.51. The van der Waals surface area contributed by atoms with Gasteiger partial charge in [0.1, 0.15) is 0 Å². The molecule has 3 nitrogen and oxygen atoms in total. The second-order valence-electron chi connectivity index (χ2n) is 2.19. The highest BCUT2D eigenvalue weighted by molar-refractivity contribution is 5.62. The van der Waals surface area contributed by atoms with Crippen LogP contribution in [0, 0.1) is 0 Å². The van der Waals surface area contributed by atoms with Crippen molar-refractivity contribution in [2.75, 3.05) is 13.2 Å². The Morgan fingerprint density at radius 3 is 1.80 bits per heavy atom. The molecule has 1 heterocycles. The minimum atomic E-state index is -0.833. The summed E-state index contributed by atoms with van der Waals surface area (Å²) < 4.78 is 5.07. The van der Waals surface area contributed by atoms with Gasteiger partial charge in [0.2, 0.25) is 0 Å². The Bertz CT molecular complexity index is 71.3. The monoisotopic (exact) mass is 146 g/mol. The maximum atomic E-state index is 9.00. The summed E-state index contributed by atoms with van der Waals surface area (Å²) in [7, 11) is 0. The van der Waals surface area contributed by atoms with Gasteiger partial charge >= 0.3 is 0 Å². The summed E-state index contributed by atoms with van der Waals surface area (Å²) in [5.74, 6) is -0.833. The fourth-order valence-corrected chi connectivity index (χ4v) is 0.687. The number of rotatable bonds is 0. The lowest BCUT2D eigenvalue weighted by Crippen LogP contribution is -2.03. The van der Waals surface area contributed by atoms with Gasteiger partial charge in [0.25, 0.3) is 5.97 Å². The molecule has 0 aliphatic carbocycles. The molecule has 0 spiro atoms. The number of ether oxygens (including phenoxy) is 1. The summed E-state index contributed by atoms with van der Waals surface area (Å²) in [6.07, 6.45) is 3.93. The second kappa shape index (κ2) is 6.55. The lowest BCUT2D eigenvalue weighted by Gasteiger charge is -2.08. The van der Waals surface area contributed by atoms with Gasteiger partial charge in [0, 0.05) is 20.1 Å². The number of carboxylic acids is 1. The molecule has 10 heavy (non-hydrogen) atoms. The maximum absolute atomic E-state index is 9.00. The Balaban J connectivity index is 0.000000180. The first-order valence-electron chi connectivity index (χ1n) is 3.51. The summed E-state index contributed by atoms with van der Waals surface area (Å²) in [6, 6.07) is 0. The van der Waals surface area contributed by atoms with E-state index in [0.29, 0.717) is 0 Å². The first-order chi connectivity index (χ1) is 4.73. The molecule has 1 fully saturated rings. The lowest BCUT2D eigenvalue weighted by atomic mass is 10.2. The van der Waals surface area contributed by atoms with Gasteiger partial charge in [-0.15, -0.1) is 0 Å². The highest BCUT2D eigenvalue weighted by atomic mass is 16.5. The van der Waals surface area contributed by atoms with Crippen molar-refractivity contribution in [2.45, 2.75) is 26.2 Å². The minimum Gasteiger partial charge on any atom is -0.481 e. The van der Waals surface area contributed by atoms with Gasteiger partial charge in [-0.25, -0.2) is 0 Å². The number of hydrogen-bond donors (Lipinski definition) is 1. The molecule has 0 radical (unpaired) electrons. The minimum absolute atomic E-state index is 0.833. The molecule has 1 aliphatic rings.